The maximum atomic E-state index is 5.95. The summed E-state index contributed by atoms with van der Waals surface area (Å²) in [5.74, 6) is 0. The van der Waals surface area contributed by atoms with E-state index in [4.69, 9.17) is 17.3 Å². The third-order valence-corrected chi connectivity index (χ3v) is 3.41. The Labute approximate surface area is 108 Å². The highest BCUT2D eigenvalue weighted by Gasteiger charge is 2.17. The molecule has 1 aromatic rings. The van der Waals surface area contributed by atoms with E-state index in [9.17, 15) is 0 Å². The number of nitrogens with one attached hydrogen (secondary N) is 2. The van der Waals surface area contributed by atoms with Crippen LogP contribution in [0.1, 0.15) is 18.4 Å². The Balaban J connectivity index is 1.72. The van der Waals surface area contributed by atoms with Crippen molar-refractivity contribution in [2.45, 2.75) is 31.5 Å². The molecular formula is C13H20ClN3. The van der Waals surface area contributed by atoms with E-state index < -0.39 is 0 Å². The Hall–Kier alpha value is -0.610. The zero-order valence-corrected chi connectivity index (χ0v) is 10.7. The summed E-state index contributed by atoms with van der Waals surface area (Å²) in [5, 5.41) is 7.62. The molecule has 1 aliphatic heterocycles. The zero-order chi connectivity index (χ0) is 12.1. The van der Waals surface area contributed by atoms with E-state index >= 15 is 0 Å². The Bertz CT molecular complexity index is 356. The van der Waals surface area contributed by atoms with Gasteiger partial charge in [-0.05, 0) is 50.0 Å². The van der Waals surface area contributed by atoms with Crippen LogP contribution in [0.15, 0.2) is 24.3 Å². The minimum Gasteiger partial charge on any atom is -0.316 e. The van der Waals surface area contributed by atoms with Crippen LogP contribution in [0, 0.1) is 0 Å². The summed E-state index contributed by atoms with van der Waals surface area (Å²) in [6, 6.07) is 8.59. The number of rotatable bonds is 4. The minimum atomic E-state index is 0.146. The van der Waals surface area contributed by atoms with Gasteiger partial charge in [-0.25, -0.2) is 0 Å². The van der Waals surface area contributed by atoms with Crippen LogP contribution < -0.4 is 16.4 Å². The van der Waals surface area contributed by atoms with Crippen LogP contribution in [-0.4, -0.2) is 25.3 Å². The number of halogens is 1. The van der Waals surface area contributed by atoms with Gasteiger partial charge in [-0.3, -0.25) is 0 Å². The summed E-state index contributed by atoms with van der Waals surface area (Å²) in [6.07, 6.45) is 3.32. The predicted octanol–water partition coefficient (Wildman–Crippen LogP) is 1.51. The highest BCUT2D eigenvalue weighted by molar-refractivity contribution is 6.30. The van der Waals surface area contributed by atoms with Crippen LogP contribution in [0.3, 0.4) is 0 Å². The molecule has 0 amide bonds. The largest absolute Gasteiger partial charge is 0.316 e. The van der Waals surface area contributed by atoms with E-state index in [0.29, 0.717) is 6.04 Å². The summed E-state index contributed by atoms with van der Waals surface area (Å²) < 4.78 is 0. The molecule has 4 N–H and O–H groups in total. The average molecular weight is 254 g/mol. The van der Waals surface area contributed by atoms with Crippen LogP contribution in [0.5, 0.6) is 0 Å². The van der Waals surface area contributed by atoms with Gasteiger partial charge in [0.1, 0.15) is 0 Å². The SMILES string of the molecule is NC1CC(NCCc2cccc(Cl)c2)CCN1. The van der Waals surface area contributed by atoms with E-state index in [1.54, 1.807) is 0 Å². The molecule has 4 heteroatoms. The Kier molecular flexibility index (Phi) is 4.80. The molecule has 2 atom stereocenters. The molecule has 0 bridgehead atoms. The number of nitrogens with two attached hydrogens (primary N) is 1. The van der Waals surface area contributed by atoms with Crippen molar-refractivity contribution >= 4 is 11.6 Å². The quantitative estimate of drug-likeness (QED) is 0.763. The topological polar surface area (TPSA) is 50.1 Å². The van der Waals surface area contributed by atoms with Crippen molar-refractivity contribution in [1.82, 2.24) is 10.6 Å². The molecule has 17 heavy (non-hydrogen) atoms. The van der Waals surface area contributed by atoms with Gasteiger partial charge in [0.2, 0.25) is 0 Å². The summed E-state index contributed by atoms with van der Waals surface area (Å²) in [5.41, 5.74) is 7.14. The van der Waals surface area contributed by atoms with E-state index in [2.05, 4.69) is 16.7 Å². The van der Waals surface area contributed by atoms with E-state index in [1.165, 1.54) is 5.56 Å². The maximum absolute atomic E-state index is 5.95. The van der Waals surface area contributed by atoms with Gasteiger partial charge >= 0.3 is 0 Å². The summed E-state index contributed by atoms with van der Waals surface area (Å²) in [4.78, 5) is 0. The molecule has 0 spiro atoms. The lowest BCUT2D eigenvalue weighted by atomic mass is 10.0. The molecule has 1 aliphatic rings. The third kappa shape index (κ3) is 4.28. The normalized spacial score (nSPS) is 24.8. The first-order valence-electron chi connectivity index (χ1n) is 6.21. The van der Waals surface area contributed by atoms with Crippen molar-refractivity contribution in [2.75, 3.05) is 13.1 Å². The molecule has 1 heterocycles. The van der Waals surface area contributed by atoms with Gasteiger partial charge in [0.15, 0.2) is 0 Å². The van der Waals surface area contributed by atoms with Crippen LogP contribution in [0.25, 0.3) is 0 Å². The molecule has 1 saturated heterocycles. The molecule has 0 aliphatic carbocycles. The molecule has 2 unspecified atom stereocenters. The van der Waals surface area contributed by atoms with Crippen molar-refractivity contribution in [3.05, 3.63) is 34.9 Å². The molecule has 2 rings (SSSR count). The molecule has 3 nitrogen and oxygen atoms in total. The zero-order valence-electron chi connectivity index (χ0n) is 9.95. The van der Waals surface area contributed by atoms with Gasteiger partial charge in [-0.15, -0.1) is 0 Å². The van der Waals surface area contributed by atoms with Gasteiger partial charge in [-0.2, -0.15) is 0 Å². The second-order valence-corrected chi connectivity index (χ2v) is 5.05. The lowest BCUT2D eigenvalue weighted by Gasteiger charge is -2.28. The summed E-state index contributed by atoms with van der Waals surface area (Å²) in [7, 11) is 0. The Morgan fingerprint density at radius 3 is 3.12 bits per heavy atom. The molecule has 1 aromatic carbocycles. The van der Waals surface area contributed by atoms with Gasteiger partial charge in [0.05, 0.1) is 6.17 Å². The number of benzene rings is 1. The van der Waals surface area contributed by atoms with Crippen molar-refractivity contribution in [3.8, 4) is 0 Å². The second kappa shape index (κ2) is 6.36. The van der Waals surface area contributed by atoms with Crippen LogP contribution in [0.4, 0.5) is 0 Å². The first kappa shape index (κ1) is 12.8. The molecule has 0 aromatic heterocycles. The smallest absolute Gasteiger partial charge is 0.0561 e. The lowest BCUT2D eigenvalue weighted by Crippen LogP contribution is -2.50. The Morgan fingerprint density at radius 1 is 1.47 bits per heavy atom. The highest BCUT2D eigenvalue weighted by atomic mass is 35.5. The van der Waals surface area contributed by atoms with Gasteiger partial charge < -0.3 is 16.4 Å². The summed E-state index contributed by atoms with van der Waals surface area (Å²) in [6.45, 7) is 1.99. The minimum absolute atomic E-state index is 0.146. The molecule has 94 valence electrons. The molecule has 1 fully saturated rings. The lowest BCUT2D eigenvalue weighted by molar-refractivity contribution is 0.325. The fourth-order valence-electron chi connectivity index (χ4n) is 2.25. The second-order valence-electron chi connectivity index (χ2n) is 4.62. The predicted molar refractivity (Wildman–Crippen MR) is 72.2 cm³/mol. The van der Waals surface area contributed by atoms with Crippen molar-refractivity contribution < 1.29 is 0 Å². The number of piperidine rings is 1. The standard InChI is InChI=1S/C13H20ClN3/c14-11-3-1-2-10(8-11)4-6-16-12-5-7-17-13(15)9-12/h1-3,8,12-13,16-17H,4-7,9,15H2. The number of hydrogen-bond acceptors (Lipinski definition) is 3. The van der Waals surface area contributed by atoms with Gasteiger partial charge in [0.25, 0.3) is 0 Å². The van der Waals surface area contributed by atoms with Crippen LogP contribution in [0.2, 0.25) is 5.02 Å². The van der Waals surface area contributed by atoms with Crippen LogP contribution in [-0.2, 0) is 6.42 Å². The van der Waals surface area contributed by atoms with E-state index in [1.807, 2.05) is 18.2 Å². The molecular weight excluding hydrogens is 234 g/mol. The Morgan fingerprint density at radius 2 is 2.35 bits per heavy atom. The summed E-state index contributed by atoms with van der Waals surface area (Å²) >= 11 is 5.95. The first-order valence-corrected chi connectivity index (χ1v) is 6.58. The third-order valence-electron chi connectivity index (χ3n) is 3.17. The van der Waals surface area contributed by atoms with Crippen molar-refractivity contribution in [1.29, 1.82) is 0 Å². The van der Waals surface area contributed by atoms with Gasteiger partial charge in [0, 0.05) is 11.1 Å². The fraction of sp³-hybridized carbons (Fsp3) is 0.538. The monoisotopic (exact) mass is 253 g/mol. The van der Waals surface area contributed by atoms with Crippen LogP contribution >= 0.6 is 11.6 Å². The first-order chi connectivity index (χ1) is 8.24. The van der Waals surface area contributed by atoms with Gasteiger partial charge in [-0.1, -0.05) is 23.7 Å². The highest BCUT2D eigenvalue weighted by Crippen LogP contribution is 2.11. The van der Waals surface area contributed by atoms with E-state index in [0.717, 1.165) is 37.4 Å². The maximum Gasteiger partial charge on any atom is 0.0561 e. The average Bonchev–Trinajstić information content (AvgIpc) is 2.29. The number of hydrogen-bond donors (Lipinski definition) is 3. The van der Waals surface area contributed by atoms with E-state index in [-0.39, 0.29) is 6.17 Å². The fourth-order valence-corrected chi connectivity index (χ4v) is 2.46. The van der Waals surface area contributed by atoms with Crippen molar-refractivity contribution in [3.63, 3.8) is 0 Å². The molecule has 0 saturated carbocycles. The van der Waals surface area contributed by atoms with Crippen molar-refractivity contribution in [2.24, 2.45) is 5.73 Å². The molecule has 0 radical (unpaired) electrons.